The van der Waals surface area contributed by atoms with Gasteiger partial charge in [-0.15, -0.1) is 0 Å². The predicted octanol–water partition coefficient (Wildman–Crippen LogP) is 2.05. The van der Waals surface area contributed by atoms with E-state index < -0.39 is 0 Å². The van der Waals surface area contributed by atoms with Crippen LogP contribution in [0, 0.1) is 0 Å². The third-order valence-electron chi connectivity index (χ3n) is 5.04. The van der Waals surface area contributed by atoms with Gasteiger partial charge in [-0.1, -0.05) is 37.1 Å². The van der Waals surface area contributed by atoms with Crippen molar-refractivity contribution in [1.82, 2.24) is 25.7 Å². The summed E-state index contributed by atoms with van der Waals surface area (Å²) < 4.78 is 1.91. The summed E-state index contributed by atoms with van der Waals surface area (Å²) in [6, 6.07) is 10.6. The number of hydrogen-bond donors (Lipinski definition) is 3. The second-order valence-electron chi connectivity index (χ2n) is 7.12. The minimum atomic E-state index is 0.111. The zero-order chi connectivity index (χ0) is 19.6. The molecule has 1 heterocycles. The van der Waals surface area contributed by atoms with Crippen LogP contribution in [0.2, 0.25) is 0 Å². The maximum absolute atomic E-state index is 12.0. The summed E-state index contributed by atoms with van der Waals surface area (Å²) >= 11 is 0. The predicted molar refractivity (Wildman–Crippen MR) is 111 cm³/mol. The first kappa shape index (κ1) is 19.9. The van der Waals surface area contributed by atoms with Crippen molar-refractivity contribution in [2.45, 2.75) is 51.2 Å². The summed E-state index contributed by atoms with van der Waals surface area (Å²) in [7, 11) is 1.74. The number of hydrogen-bond acceptors (Lipinski definition) is 3. The summed E-state index contributed by atoms with van der Waals surface area (Å²) in [5.41, 5.74) is 2.41. The van der Waals surface area contributed by atoms with Crippen molar-refractivity contribution in [3.8, 4) is 0 Å². The maximum Gasteiger partial charge on any atom is 0.221 e. The summed E-state index contributed by atoms with van der Waals surface area (Å²) in [6.45, 7) is 1.96. The van der Waals surface area contributed by atoms with Crippen LogP contribution in [0.25, 0.3) is 0 Å². The fourth-order valence-electron chi connectivity index (χ4n) is 3.52. The lowest BCUT2D eigenvalue weighted by Crippen LogP contribution is -2.40. The zero-order valence-corrected chi connectivity index (χ0v) is 16.5. The normalized spacial score (nSPS) is 14.8. The molecule has 1 amide bonds. The van der Waals surface area contributed by atoms with Crippen LogP contribution in [0.5, 0.6) is 0 Å². The first-order valence-corrected chi connectivity index (χ1v) is 10.0. The molecule has 28 heavy (non-hydrogen) atoms. The van der Waals surface area contributed by atoms with Crippen molar-refractivity contribution in [2.24, 2.45) is 4.99 Å². The van der Waals surface area contributed by atoms with Crippen molar-refractivity contribution in [2.75, 3.05) is 13.6 Å². The molecule has 0 aliphatic heterocycles. The highest BCUT2D eigenvalue weighted by molar-refractivity contribution is 5.81. The Morgan fingerprint density at radius 3 is 2.68 bits per heavy atom. The standard InChI is InChI=1S/C21H30N6O/c1-22-21(23-13-11-20(28)26-19-9-4-5-10-19)24-15-17-7-2-3-8-18(17)16-27-14-6-12-25-27/h2-3,6-8,12,14,19H,4-5,9-11,13,15-16H2,1H3,(H,26,28)(H2,22,23,24). The van der Waals surface area contributed by atoms with Gasteiger partial charge in [-0.3, -0.25) is 14.5 Å². The van der Waals surface area contributed by atoms with E-state index in [2.05, 4.69) is 38.2 Å². The first-order chi connectivity index (χ1) is 13.7. The van der Waals surface area contributed by atoms with Crippen molar-refractivity contribution >= 4 is 11.9 Å². The zero-order valence-electron chi connectivity index (χ0n) is 16.5. The van der Waals surface area contributed by atoms with Crippen LogP contribution in [0.1, 0.15) is 43.2 Å². The maximum atomic E-state index is 12.0. The van der Waals surface area contributed by atoms with Gasteiger partial charge < -0.3 is 16.0 Å². The number of rotatable bonds is 8. The molecule has 0 saturated heterocycles. The van der Waals surface area contributed by atoms with E-state index in [0.29, 0.717) is 31.5 Å². The molecule has 2 aromatic rings. The molecule has 7 nitrogen and oxygen atoms in total. The Balaban J connectivity index is 1.43. The van der Waals surface area contributed by atoms with E-state index in [9.17, 15) is 4.79 Å². The molecule has 1 aromatic heterocycles. The van der Waals surface area contributed by atoms with E-state index in [1.54, 1.807) is 13.2 Å². The first-order valence-electron chi connectivity index (χ1n) is 10.0. The van der Waals surface area contributed by atoms with E-state index in [0.717, 1.165) is 19.4 Å². The second-order valence-corrected chi connectivity index (χ2v) is 7.12. The third-order valence-corrected chi connectivity index (χ3v) is 5.04. The molecule has 1 aliphatic rings. The number of carbonyl (C=O) groups excluding carboxylic acids is 1. The minimum Gasteiger partial charge on any atom is -0.356 e. The number of nitrogens with zero attached hydrogens (tertiary/aromatic N) is 3. The number of aromatic nitrogens is 2. The number of nitrogens with one attached hydrogen (secondary N) is 3. The van der Waals surface area contributed by atoms with Crippen LogP contribution in [0.15, 0.2) is 47.7 Å². The van der Waals surface area contributed by atoms with Crippen molar-refractivity contribution in [1.29, 1.82) is 0 Å². The molecule has 1 aliphatic carbocycles. The number of aliphatic imine (C=N–C) groups is 1. The highest BCUT2D eigenvalue weighted by Gasteiger charge is 2.16. The van der Waals surface area contributed by atoms with Gasteiger partial charge in [0.05, 0.1) is 6.54 Å². The molecule has 0 unspecified atom stereocenters. The summed E-state index contributed by atoms with van der Waals surface area (Å²) in [4.78, 5) is 16.3. The topological polar surface area (TPSA) is 83.3 Å². The molecule has 150 valence electrons. The van der Waals surface area contributed by atoms with E-state index >= 15 is 0 Å². The van der Waals surface area contributed by atoms with Gasteiger partial charge in [0, 0.05) is 45.0 Å². The molecule has 3 rings (SSSR count). The van der Waals surface area contributed by atoms with E-state index in [-0.39, 0.29) is 5.91 Å². The fourth-order valence-corrected chi connectivity index (χ4v) is 3.52. The van der Waals surface area contributed by atoms with Gasteiger partial charge in [0.1, 0.15) is 0 Å². The van der Waals surface area contributed by atoms with Gasteiger partial charge in [-0.2, -0.15) is 5.10 Å². The molecule has 7 heteroatoms. The summed E-state index contributed by atoms with van der Waals surface area (Å²) in [5, 5.41) is 13.9. The van der Waals surface area contributed by atoms with E-state index in [1.165, 1.54) is 24.0 Å². The van der Waals surface area contributed by atoms with Crippen LogP contribution in [0.3, 0.4) is 0 Å². The van der Waals surface area contributed by atoms with Crippen molar-refractivity contribution in [3.05, 3.63) is 53.9 Å². The monoisotopic (exact) mass is 382 g/mol. The number of benzene rings is 1. The smallest absolute Gasteiger partial charge is 0.221 e. The number of carbonyl (C=O) groups is 1. The lowest BCUT2D eigenvalue weighted by molar-refractivity contribution is -0.121. The molecule has 0 bridgehead atoms. The lowest BCUT2D eigenvalue weighted by atomic mass is 10.1. The van der Waals surface area contributed by atoms with Gasteiger partial charge >= 0.3 is 0 Å². The summed E-state index contributed by atoms with van der Waals surface area (Å²) in [5.74, 6) is 0.807. The van der Waals surface area contributed by atoms with Crippen molar-refractivity contribution < 1.29 is 4.79 Å². The lowest BCUT2D eigenvalue weighted by Gasteiger charge is -2.15. The minimum absolute atomic E-state index is 0.111. The number of guanidine groups is 1. The third kappa shape index (κ3) is 6.11. The fraction of sp³-hybridized carbons (Fsp3) is 0.476. The van der Waals surface area contributed by atoms with Gasteiger partial charge in [-0.25, -0.2) is 0 Å². The highest BCUT2D eigenvalue weighted by Crippen LogP contribution is 2.17. The van der Waals surface area contributed by atoms with Crippen LogP contribution < -0.4 is 16.0 Å². The Bertz CT molecular complexity index is 765. The molecule has 1 saturated carbocycles. The van der Waals surface area contributed by atoms with Gasteiger partial charge in [0.2, 0.25) is 5.91 Å². The van der Waals surface area contributed by atoms with Crippen molar-refractivity contribution in [3.63, 3.8) is 0 Å². The van der Waals surface area contributed by atoms with E-state index in [1.807, 2.05) is 29.1 Å². The molecular formula is C21H30N6O. The second kappa shape index (κ2) is 10.5. The van der Waals surface area contributed by atoms with Crippen LogP contribution in [0.4, 0.5) is 0 Å². The Kier molecular flexibility index (Phi) is 7.46. The Hall–Kier alpha value is -2.83. The van der Waals surface area contributed by atoms with Crippen LogP contribution >= 0.6 is 0 Å². The Morgan fingerprint density at radius 1 is 1.18 bits per heavy atom. The summed E-state index contributed by atoms with van der Waals surface area (Å²) in [6.07, 6.45) is 8.87. The van der Waals surface area contributed by atoms with Crippen LogP contribution in [-0.2, 0) is 17.9 Å². The van der Waals surface area contributed by atoms with E-state index in [4.69, 9.17) is 0 Å². The molecule has 1 aromatic carbocycles. The largest absolute Gasteiger partial charge is 0.356 e. The van der Waals surface area contributed by atoms with Crippen LogP contribution in [-0.4, -0.2) is 41.3 Å². The average molecular weight is 383 g/mol. The number of amides is 1. The quantitative estimate of drug-likeness (QED) is 0.482. The highest BCUT2D eigenvalue weighted by atomic mass is 16.1. The molecular weight excluding hydrogens is 352 g/mol. The SMILES string of the molecule is CN=C(NCCC(=O)NC1CCCC1)NCc1ccccc1Cn1cccn1. The molecule has 0 atom stereocenters. The van der Waals surface area contributed by atoms with Gasteiger partial charge in [-0.05, 0) is 30.0 Å². The molecule has 0 spiro atoms. The van der Waals surface area contributed by atoms with Gasteiger partial charge in [0.15, 0.2) is 5.96 Å². The average Bonchev–Trinajstić information content (AvgIpc) is 3.40. The molecule has 3 N–H and O–H groups in total. The molecule has 0 radical (unpaired) electrons. The molecule has 1 fully saturated rings. The van der Waals surface area contributed by atoms with Gasteiger partial charge in [0.25, 0.3) is 0 Å². The Labute approximate surface area is 166 Å². The Morgan fingerprint density at radius 2 is 1.96 bits per heavy atom.